The Hall–Kier alpha value is -1.29. The Morgan fingerprint density at radius 3 is 2.61 bits per heavy atom. The molecule has 0 bridgehead atoms. The SMILES string of the molecule is C=C(/C=C/C(=C)OCCN1CCC(C)(F)C1)OC. The van der Waals surface area contributed by atoms with Crippen molar-refractivity contribution in [3.8, 4) is 0 Å². The lowest BCUT2D eigenvalue weighted by molar-refractivity contribution is 0.154. The van der Waals surface area contributed by atoms with Crippen LogP contribution in [-0.2, 0) is 9.47 Å². The summed E-state index contributed by atoms with van der Waals surface area (Å²) in [6.07, 6.45) is 3.99. The van der Waals surface area contributed by atoms with Crippen LogP contribution in [0.2, 0.25) is 0 Å². The largest absolute Gasteiger partial charge is 0.497 e. The minimum atomic E-state index is -1.05. The molecule has 1 fully saturated rings. The molecule has 4 heteroatoms. The van der Waals surface area contributed by atoms with Gasteiger partial charge in [-0.15, -0.1) is 0 Å². The maximum absolute atomic E-state index is 13.6. The molecule has 102 valence electrons. The molecule has 1 unspecified atom stereocenters. The first-order valence-electron chi connectivity index (χ1n) is 6.07. The lowest BCUT2D eigenvalue weighted by Gasteiger charge is -2.17. The highest BCUT2D eigenvalue weighted by Crippen LogP contribution is 2.24. The summed E-state index contributed by atoms with van der Waals surface area (Å²) in [4.78, 5) is 2.06. The van der Waals surface area contributed by atoms with Crippen molar-refractivity contribution in [3.63, 3.8) is 0 Å². The average Bonchev–Trinajstić information content (AvgIpc) is 2.66. The molecule has 0 amide bonds. The molecule has 1 aliphatic rings. The maximum atomic E-state index is 13.6. The minimum absolute atomic E-state index is 0.485. The van der Waals surface area contributed by atoms with Crippen molar-refractivity contribution >= 4 is 0 Å². The average molecular weight is 255 g/mol. The second kappa shape index (κ2) is 6.59. The fourth-order valence-corrected chi connectivity index (χ4v) is 1.81. The molecule has 0 N–H and O–H groups in total. The number of hydrogen-bond donors (Lipinski definition) is 0. The van der Waals surface area contributed by atoms with Gasteiger partial charge in [0.15, 0.2) is 0 Å². The van der Waals surface area contributed by atoms with Crippen molar-refractivity contribution in [1.29, 1.82) is 0 Å². The molecule has 1 atom stereocenters. The Morgan fingerprint density at radius 2 is 2.06 bits per heavy atom. The molecule has 0 aromatic rings. The summed E-state index contributed by atoms with van der Waals surface area (Å²) in [5.74, 6) is 1.10. The van der Waals surface area contributed by atoms with E-state index in [0.717, 1.165) is 13.1 Å². The molecule has 0 aromatic heterocycles. The van der Waals surface area contributed by atoms with Crippen molar-refractivity contribution in [2.24, 2.45) is 0 Å². The van der Waals surface area contributed by atoms with E-state index < -0.39 is 5.67 Å². The zero-order chi connectivity index (χ0) is 13.6. The molecule has 18 heavy (non-hydrogen) atoms. The Kier molecular flexibility index (Phi) is 5.41. The van der Waals surface area contributed by atoms with E-state index in [1.54, 1.807) is 26.2 Å². The third kappa shape index (κ3) is 5.36. The molecule has 0 radical (unpaired) electrons. The highest BCUT2D eigenvalue weighted by molar-refractivity contribution is 5.16. The van der Waals surface area contributed by atoms with Crippen LogP contribution in [0.15, 0.2) is 36.8 Å². The van der Waals surface area contributed by atoms with E-state index in [0.29, 0.717) is 31.1 Å². The maximum Gasteiger partial charge on any atom is 0.122 e. The molecule has 0 spiro atoms. The fourth-order valence-electron chi connectivity index (χ4n) is 1.81. The number of allylic oxidation sites excluding steroid dienone is 2. The van der Waals surface area contributed by atoms with Gasteiger partial charge in [0.05, 0.1) is 7.11 Å². The summed E-state index contributed by atoms with van der Waals surface area (Å²) in [6.45, 7) is 11.6. The van der Waals surface area contributed by atoms with Gasteiger partial charge in [-0.3, -0.25) is 4.90 Å². The van der Waals surface area contributed by atoms with E-state index in [9.17, 15) is 4.39 Å². The van der Waals surface area contributed by atoms with Crippen LogP contribution in [0, 0.1) is 0 Å². The summed E-state index contributed by atoms with van der Waals surface area (Å²) >= 11 is 0. The standard InChI is InChI=1S/C14H22FNO2/c1-12(17-4)5-6-13(2)18-10-9-16-8-7-14(3,15)11-16/h5-6H,1-2,7-11H2,3-4H3/b6-5+. The Bertz CT molecular complexity index is 337. The van der Waals surface area contributed by atoms with E-state index in [4.69, 9.17) is 9.47 Å². The van der Waals surface area contributed by atoms with Crippen LogP contribution in [0.4, 0.5) is 4.39 Å². The van der Waals surface area contributed by atoms with Gasteiger partial charge in [-0.25, -0.2) is 4.39 Å². The number of hydrogen-bond acceptors (Lipinski definition) is 3. The van der Waals surface area contributed by atoms with Crippen LogP contribution >= 0.6 is 0 Å². The van der Waals surface area contributed by atoms with Crippen molar-refractivity contribution in [2.45, 2.75) is 19.0 Å². The Balaban J connectivity index is 2.17. The number of nitrogens with zero attached hydrogens (tertiary/aromatic N) is 1. The molecule has 1 saturated heterocycles. The van der Waals surface area contributed by atoms with Gasteiger partial charge in [-0.1, -0.05) is 13.2 Å². The molecule has 3 nitrogen and oxygen atoms in total. The molecule has 1 aliphatic heterocycles. The lowest BCUT2D eigenvalue weighted by atomic mass is 10.1. The van der Waals surface area contributed by atoms with E-state index in [2.05, 4.69) is 18.1 Å². The van der Waals surface area contributed by atoms with E-state index in [1.807, 2.05) is 0 Å². The van der Waals surface area contributed by atoms with Crippen LogP contribution in [0.1, 0.15) is 13.3 Å². The summed E-state index contributed by atoms with van der Waals surface area (Å²) in [5, 5.41) is 0. The van der Waals surface area contributed by atoms with Gasteiger partial charge in [0.25, 0.3) is 0 Å². The monoisotopic (exact) mass is 255 g/mol. The van der Waals surface area contributed by atoms with Crippen molar-refractivity contribution < 1.29 is 13.9 Å². The first-order valence-corrected chi connectivity index (χ1v) is 6.07. The number of ether oxygens (including phenoxy) is 2. The summed E-state index contributed by atoms with van der Waals surface area (Å²) in [7, 11) is 1.55. The van der Waals surface area contributed by atoms with Gasteiger partial charge in [-0.05, 0) is 25.5 Å². The Morgan fingerprint density at radius 1 is 1.39 bits per heavy atom. The second-order valence-electron chi connectivity index (χ2n) is 4.76. The second-order valence-corrected chi connectivity index (χ2v) is 4.76. The smallest absolute Gasteiger partial charge is 0.122 e. The number of rotatable bonds is 7. The van der Waals surface area contributed by atoms with Gasteiger partial charge < -0.3 is 9.47 Å². The van der Waals surface area contributed by atoms with Gasteiger partial charge in [0.1, 0.15) is 23.8 Å². The number of likely N-dealkylation sites (tertiary alicyclic amines) is 1. The molecular weight excluding hydrogens is 233 g/mol. The lowest BCUT2D eigenvalue weighted by Crippen LogP contribution is -2.29. The van der Waals surface area contributed by atoms with Crippen LogP contribution in [0.5, 0.6) is 0 Å². The van der Waals surface area contributed by atoms with Crippen molar-refractivity contribution in [2.75, 3.05) is 33.4 Å². The van der Waals surface area contributed by atoms with Gasteiger partial charge in [0.2, 0.25) is 0 Å². The summed E-state index contributed by atoms with van der Waals surface area (Å²) in [6, 6.07) is 0. The van der Waals surface area contributed by atoms with Crippen LogP contribution in [0.3, 0.4) is 0 Å². The van der Waals surface area contributed by atoms with Gasteiger partial charge in [0, 0.05) is 19.6 Å². The first kappa shape index (κ1) is 14.8. The third-order valence-corrected chi connectivity index (χ3v) is 2.91. The Labute approximate surface area is 109 Å². The number of alkyl halides is 1. The summed E-state index contributed by atoms with van der Waals surface area (Å²) < 4.78 is 23.9. The minimum Gasteiger partial charge on any atom is -0.497 e. The van der Waals surface area contributed by atoms with E-state index in [-0.39, 0.29) is 0 Å². The predicted molar refractivity (Wildman–Crippen MR) is 71.0 cm³/mol. The third-order valence-electron chi connectivity index (χ3n) is 2.91. The van der Waals surface area contributed by atoms with Crippen molar-refractivity contribution in [3.05, 3.63) is 36.8 Å². The predicted octanol–water partition coefficient (Wildman–Crippen LogP) is 2.67. The number of halogens is 1. The highest BCUT2D eigenvalue weighted by atomic mass is 19.1. The fraction of sp³-hybridized carbons (Fsp3) is 0.571. The van der Waals surface area contributed by atoms with Crippen molar-refractivity contribution in [1.82, 2.24) is 4.90 Å². The zero-order valence-corrected chi connectivity index (χ0v) is 11.2. The van der Waals surface area contributed by atoms with Crippen LogP contribution < -0.4 is 0 Å². The highest BCUT2D eigenvalue weighted by Gasteiger charge is 2.32. The van der Waals surface area contributed by atoms with E-state index in [1.165, 1.54) is 0 Å². The normalized spacial score (nSPS) is 24.4. The number of methoxy groups -OCH3 is 1. The van der Waals surface area contributed by atoms with Gasteiger partial charge >= 0.3 is 0 Å². The summed E-state index contributed by atoms with van der Waals surface area (Å²) in [5.41, 5.74) is -1.05. The molecule has 1 heterocycles. The molecule has 0 aliphatic carbocycles. The first-order chi connectivity index (χ1) is 8.43. The van der Waals surface area contributed by atoms with Crippen LogP contribution in [-0.4, -0.2) is 43.9 Å². The molecule has 1 rings (SSSR count). The zero-order valence-electron chi connectivity index (χ0n) is 11.2. The topological polar surface area (TPSA) is 21.7 Å². The molecule has 0 aromatic carbocycles. The van der Waals surface area contributed by atoms with E-state index >= 15 is 0 Å². The van der Waals surface area contributed by atoms with Gasteiger partial charge in [-0.2, -0.15) is 0 Å². The molecular formula is C14H22FNO2. The molecule has 0 saturated carbocycles. The quantitative estimate of drug-likeness (QED) is 0.515. The van der Waals surface area contributed by atoms with Crippen LogP contribution in [0.25, 0.3) is 0 Å².